The van der Waals surface area contributed by atoms with E-state index in [1.54, 1.807) is 0 Å². The minimum atomic E-state index is -4.49. The van der Waals surface area contributed by atoms with Crippen LogP contribution in [0.2, 0.25) is 0 Å². The van der Waals surface area contributed by atoms with Gasteiger partial charge in [-0.15, -0.1) is 0 Å². The van der Waals surface area contributed by atoms with Crippen molar-refractivity contribution in [3.8, 4) is 0 Å². The van der Waals surface area contributed by atoms with E-state index in [0.717, 1.165) is 24.2 Å². The van der Waals surface area contributed by atoms with Crippen LogP contribution in [0.3, 0.4) is 0 Å². The molecule has 0 aromatic heterocycles. The summed E-state index contributed by atoms with van der Waals surface area (Å²) in [5.74, 6) is -0.882. The van der Waals surface area contributed by atoms with Crippen molar-refractivity contribution in [2.45, 2.75) is 43.0 Å². The minimum absolute atomic E-state index is 0.141. The molecule has 0 saturated carbocycles. The van der Waals surface area contributed by atoms with Gasteiger partial charge in [-0.2, -0.15) is 13.2 Å². The number of morpholine rings is 1. The number of hydrogen-bond donors (Lipinski definition) is 1. The summed E-state index contributed by atoms with van der Waals surface area (Å²) in [6, 6.07) is 7.81. The van der Waals surface area contributed by atoms with Crippen LogP contribution in [-0.4, -0.2) is 72.5 Å². The minimum Gasteiger partial charge on any atom is -0.390 e. The Labute approximate surface area is 162 Å². The SMILES string of the molecule is O=C(CC(F)(F)F)N1CCC2(CC1)c1ccccc1[C@@H](N1CCOCC1)[C@@H]2O. The standard InChI is InChI=1S/C20H25F3N2O3/c21-20(22,23)13-16(26)24-7-5-19(6-8-24)15-4-2-1-3-14(15)17(18(19)27)25-9-11-28-12-10-25/h1-4,17-18,27H,5-13H2/t17-,18+/m1/s1. The number of amides is 1. The Morgan fingerprint density at radius 2 is 1.79 bits per heavy atom. The van der Waals surface area contributed by atoms with Crippen LogP contribution in [0.15, 0.2) is 24.3 Å². The number of aliphatic hydroxyl groups is 1. The lowest BCUT2D eigenvalue weighted by Gasteiger charge is -2.44. The van der Waals surface area contributed by atoms with E-state index in [4.69, 9.17) is 4.74 Å². The van der Waals surface area contributed by atoms with Gasteiger partial charge in [0.25, 0.3) is 0 Å². The number of hydrogen-bond acceptors (Lipinski definition) is 4. The summed E-state index contributed by atoms with van der Waals surface area (Å²) in [5, 5.41) is 11.4. The molecule has 1 aliphatic carbocycles. The van der Waals surface area contributed by atoms with Gasteiger partial charge in [0.1, 0.15) is 6.42 Å². The molecule has 0 radical (unpaired) electrons. The molecule has 0 unspecified atom stereocenters. The lowest BCUT2D eigenvalue weighted by Crippen LogP contribution is -2.52. The van der Waals surface area contributed by atoms with Gasteiger partial charge in [0.2, 0.25) is 5.91 Å². The van der Waals surface area contributed by atoms with E-state index in [9.17, 15) is 23.1 Å². The average molecular weight is 398 g/mol. The third kappa shape index (κ3) is 3.42. The van der Waals surface area contributed by atoms with Crippen LogP contribution in [0.1, 0.15) is 36.4 Å². The zero-order chi connectivity index (χ0) is 19.9. The maximum absolute atomic E-state index is 12.6. The molecular formula is C20H25F3N2O3. The van der Waals surface area contributed by atoms with Gasteiger partial charge in [0.15, 0.2) is 0 Å². The second kappa shape index (κ2) is 7.31. The highest BCUT2D eigenvalue weighted by Gasteiger charge is 2.54. The van der Waals surface area contributed by atoms with E-state index < -0.39 is 30.0 Å². The van der Waals surface area contributed by atoms with Crippen molar-refractivity contribution in [2.75, 3.05) is 39.4 Å². The Morgan fingerprint density at radius 1 is 1.14 bits per heavy atom. The van der Waals surface area contributed by atoms with E-state index in [1.807, 2.05) is 24.3 Å². The zero-order valence-corrected chi connectivity index (χ0v) is 15.6. The molecule has 8 heteroatoms. The summed E-state index contributed by atoms with van der Waals surface area (Å²) in [5.41, 5.74) is 1.64. The molecule has 1 N–H and O–H groups in total. The maximum Gasteiger partial charge on any atom is 0.397 e. The van der Waals surface area contributed by atoms with Crippen molar-refractivity contribution >= 4 is 5.91 Å². The first-order chi connectivity index (χ1) is 13.3. The number of alkyl halides is 3. The molecule has 2 heterocycles. The van der Waals surface area contributed by atoms with Crippen molar-refractivity contribution < 1.29 is 27.8 Å². The smallest absolute Gasteiger partial charge is 0.390 e. The predicted molar refractivity (Wildman–Crippen MR) is 95.7 cm³/mol. The molecule has 2 atom stereocenters. The van der Waals surface area contributed by atoms with Gasteiger partial charge in [-0.1, -0.05) is 24.3 Å². The third-order valence-electron chi connectivity index (χ3n) is 6.48. The van der Waals surface area contributed by atoms with Crippen LogP contribution >= 0.6 is 0 Å². The number of carbonyl (C=O) groups excluding carboxylic acids is 1. The summed E-state index contributed by atoms with van der Waals surface area (Å²) in [6.45, 7) is 3.19. The first-order valence-corrected chi connectivity index (χ1v) is 9.76. The Balaban J connectivity index is 1.56. The fraction of sp³-hybridized carbons (Fsp3) is 0.650. The van der Waals surface area contributed by atoms with Gasteiger partial charge >= 0.3 is 6.18 Å². The van der Waals surface area contributed by atoms with Crippen LogP contribution in [-0.2, 0) is 14.9 Å². The fourth-order valence-corrected chi connectivity index (χ4v) is 5.10. The van der Waals surface area contributed by atoms with Gasteiger partial charge in [0.05, 0.1) is 25.4 Å². The molecule has 5 nitrogen and oxygen atoms in total. The number of likely N-dealkylation sites (tertiary alicyclic amines) is 1. The number of ether oxygens (including phenoxy) is 1. The van der Waals surface area contributed by atoms with Crippen LogP contribution in [0.4, 0.5) is 13.2 Å². The fourth-order valence-electron chi connectivity index (χ4n) is 5.10. The van der Waals surface area contributed by atoms with E-state index >= 15 is 0 Å². The number of aliphatic hydroxyl groups excluding tert-OH is 1. The Bertz CT molecular complexity index is 726. The van der Waals surface area contributed by atoms with Gasteiger partial charge in [-0.05, 0) is 24.0 Å². The Morgan fingerprint density at radius 3 is 2.43 bits per heavy atom. The van der Waals surface area contributed by atoms with Crippen LogP contribution in [0.5, 0.6) is 0 Å². The first-order valence-electron chi connectivity index (χ1n) is 9.76. The molecule has 2 aliphatic heterocycles. The Kier molecular flexibility index (Phi) is 5.14. The normalized spacial score (nSPS) is 27.8. The van der Waals surface area contributed by atoms with Gasteiger partial charge in [-0.3, -0.25) is 9.69 Å². The highest BCUT2D eigenvalue weighted by Crippen LogP contribution is 2.53. The average Bonchev–Trinajstić information content (AvgIpc) is 2.90. The molecule has 4 rings (SSSR count). The highest BCUT2D eigenvalue weighted by atomic mass is 19.4. The van der Waals surface area contributed by atoms with Crippen molar-refractivity contribution in [1.82, 2.24) is 9.80 Å². The molecule has 1 aromatic carbocycles. The van der Waals surface area contributed by atoms with E-state index in [-0.39, 0.29) is 19.1 Å². The molecule has 1 amide bonds. The lowest BCUT2D eigenvalue weighted by atomic mass is 9.72. The molecule has 28 heavy (non-hydrogen) atoms. The lowest BCUT2D eigenvalue weighted by molar-refractivity contribution is -0.163. The van der Waals surface area contributed by atoms with Crippen molar-refractivity contribution in [3.63, 3.8) is 0 Å². The molecule has 2 saturated heterocycles. The second-order valence-corrected chi connectivity index (χ2v) is 7.95. The summed E-state index contributed by atoms with van der Waals surface area (Å²) < 4.78 is 43.1. The number of nitrogens with zero attached hydrogens (tertiary/aromatic N) is 2. The number of carbonyl (C=O) groups is 1. The summed E-state index contributed by atoms with van der Waals surface area (Å²) in [7, 11) is 0. The number of halogens is 3. The van der Waals surface area contributed by atoms with Crippen molar-refractivity contribution in [2.24, 2.45) is 0 Å². The topological polar surface area (TPSA) is 53.0 Å². The monoisotopic (exact) mass is 398 g/mol. The molecule has 3 aliphatic rings. The molecular weight excluding hydrogens is 373 g/mol. The first kappa shape index (κ1) is 19.7. The predicted octanol–water partition coefficient (Wildman–Crippen LogP) is 2.25. The number of piperidine rings is 1. The van der Waals surface area contributed by atoms with Gasteiger partial charge in [0, 0.05) is 31.6 Å². The summed E-state index contributed by atoms with van der Waals surface area (Å²) in [4.78, 5) is 15.5. The molecule has 0 bridgehead atoms. The van der Waals surface area contributed by atoms with Crippen molar-refractivity contribution in [3.05, 3.63) is 35.4 Å². The van der Waals surface area contributed by atoms with Gasteiger partial charge < -0.3 is 14.7 Å². The summed E-state index contributed by atoms with van der Waals surface area (Å²) in [6.07, 6.45) is -5.63. The molecule has 1 spiro atoms. The highest BCUT2D eigenvalue weighted by molar-refractivity contribution is 5.77. The van der Waals surface area contributed by atoms with E-state index in [0.29, 0.717) is 26.1 Å². The largest absolute Gasteiger partial charge is 0.397 e. The number of rotatable bonds is 2. The maximum atomic E-state index is 12.6. The second-order valence-electron chi connectivity index (χ2n) is 7.95. The number of fused-ring (bicyclic) bond motifs is 2. The molecule has 1 aromatic rings. The third-order valence-corrected chi connectivity index (χ3v) is 6.48. The zero-order valence-electron chi connectivity index (χ0n) is 15.6. The molecule has 2 fully saturated rings. The van der Waals surface area contributed by atoms with Crippen LogP contribution in [0, 0.1) is 0 Å². The van der Waals surface area contributed by atoms with E-state index in [2.05, 4.69) is 4.90 Å². The van der Waals surface area contributed by atoms with E-state index in [1.165, 1.54) is 4.90 Å². The number of benzene rings is 1. The van der Waals surface area contributed by atoms with Gasteiger partial charge in [-0.25, -0.2) is 0 Å². The van der Waals surface area contributed by atoms with Crippen molar-refractivity contribution in [1.29, 1.82) is 0 Å². The molecule has 154 valence electrons. The Hall–Kier alpha value is -1.64. The van der Waals surface area contributed by atoms with Crippen LogP contribution < -0.4 is 0 Å². The quantitative estimate of drug-likeness (QED) is 0.830. The summed E-state index contributed by atoms with van der Waals surface area (Å²) >= 11 is 0. The van der Waals surface area contributed by atoms with Crippen LogP contribution in [0.25, 0.3) is 0 Å².